The van der Waals surface area contributed by atoms with Crippen LogP contribution in [0.15, 0.2) is 24.3 Å². The van der Waals surface area contributed by atoms with Crippen LogP contribution in [0.2, 0.25) is 0 Å². The van der Waals surface area contributed by atoms with E-state index in [9.17, 15) is 22.8 Å². The Morgan fingerprint density at radius 2 is 2.08 bits per heavy atom. The number of nitrogens with zero attached hydrogens (tertiary/aromatic N) is 1. The summed E-state index contributed by atoms with van der Waals surface area (Å²) in [6.07, 6.45) is 1.40. The summed E-state index contributed by atoms with van der Waals surface area (Å²) >= 11 is 0. The van der Waals surface area contributed by atoms with E-state index in [1.807, 2.05) is 0 Å². The minimum absolute atomic E-state index is 0.0277. The van der Waals surface area contributed by atoms with Crippen LogP contribution < -0.4 is 4.72 Å². The van der Waals surface area contributed by atoms with Gasteiger partial charge in [0.2, 0.25) is 15.9 Å². The molecular weight excluding hydrogens is 348 g/mol. The number of benzene rings is 1. The van der Waals surface area contributed by atoms with Crippen molar-refractivity contribution >= 4 is 33.5 Å². The van der Waals surface area contributed by atoms with Crippen molar-refractivity contribution in [2.45, 2.75) is 26.2 Å². The van der Waals surface area contributed by atoms with Crippen LogP contribution in [-0.4, -0.2) is 50.0 Å². The first-order chi connectivity index (χ1) is 11.8. The van der Waals surface area contributed by atoms with Crippen molar-refractivity contribution in [3.8, 4) is 0 Å². The molecule has 0 unspecified atom stereocenters. The van der Waals surface area contributed by atoms with Crippen LogP contribution in [0.4, 0.5) is 5.69 Å². The molecule has 2 rings (SSSR count). The largest absolute Gasteiger partial charge is 0.452 e. The molecule has 0 atom stereocenters. The zero-order chi connectivity index (χ0) is 18.4. The van der Waals surface area contributed by atoms with Gasteiger partial charge in [0.15, 0.2) is 6.61 Å². The number of amides is 2. The van der Waals surface area contributed by atoms with Gasteiger partial charge in [-0.15, -0.1) is 0 Å². The fourth-order valence-corrected chi connectivity index (χ4v) is 3.53. The second kappa shape index (κ2) is 8.11. The summed E-state index contributed by atoms with van der Waals surface area (Å²) in [5.41, 5.74) is 0.348. The number of esters is 1. The van der Waals surface area contributed by atoms with Crippen molar-refractivity contribution in [1.29, 1.82) is 0 Å². The lowest BCUT2D eigenvalue weighted by atomic mass is 10.2. The minimum Gasteiger partial charge on any atom is -0.452 e. The highest BCUT2D eigenvalue weighted by Crippen LogP contribution is 2.14. The summed E-state index contributed by atoms with van der Waals surface area (Å²) in [6.45, 7) is 1.55. The third-order valence-electron chi connectivity index (χ3n) is 3.55. The van der Waals surface area contributed by atoms with E-state index in [1.165, 1.54) is 24.3 Å². The summed E-state index contributed by atoms with van der Waals surface area (Å²) in [5, 5.41) is 0. The molecule has 1 heterocycles. The van der Waals surface area contributed by atoms with Gasteiger partial charge in [0.25, 0.3) is 5.91 Å². The number of sulfonamides is 1. The molecule has 1 aliphatic heterocycles. The molecule has 0 radical (unpaired) electrons. The number of imide groups is 1. The van der Waals surface area contributed by atoms with Gasteiger partial charge in [0.05, 0.1) is 11.3 Å². The van der Waals surface area contributed by atoms with E-state index in [0.29, 0.717) is 25.8 Å². The van der Waals surface area contributed by atoms with Crippen LogP contribution in [0.3, 0.4) is 0 Å². The number of carbonyl (C=O) groups excluding carboxylic acids is 3. The third kappa shape index (κ3) is 5.28. The standard InChI is InChI=1S/C16H20N2O6S/c1-2-9-25(22,23)17-13-6-3-5-12(10-13)16(21)24-11-15(20)18-8-4-7-14(18)19/h3,5-6,10,17H,2,4,7-9,11H2,1H3. The maximum atomic E-state index is 12.0. The lowest BCUT2D eigenvalue weighted by Crippen LogP contribution is -2.35. The van der Waals surface area contributed by atoms with Crippen LogP contribution >= 0.6 is 0 Å². The second-order valence-corrected chi connectivity index (χ2v) is 7.46. The van der Waals surface area contributed by atoms with Crippen molar-refractivity contribution in [3.05, 3.63) is 29.8 Å². The molecule has 0 bridgehead atoms. The molecule has 1 N–H and O–H groups in total. The Hall–Kier alpha value is -2.42. The summed E-state index contributed by atoms with van der Waals surface area (Å²) in [7, 11) is -3.47. The molecule has 0 saturated carbocycles. The van der Waals surface area contributed by atoms with E-state index in [1.54, 1.807) is 6.92 Å². The molecular formula is C16H20N2O6S. The Balaban J connectivity index is 1.96. The highest BCUT2D eigenvalue weighted by atomic mass is 32.2. The monoisotopic (exact) mass is 368 g/mol. The van der Waals surface area contributed by atoms with Gasteiger partial charge in [0, 0.05) is 18.7 Å². The number of carbonyl (C=O) groups is 3. The van der Waals surface area contributed by atoms with Crippen molar-refractivity contribution in [3.63, 3.8) is 0 Å². The number of nitrogens with one attached hydrogen (secondary N) is 1. The Morgan fingerprint density at radius 3 is 2.72 bits per heavy atom. The van der Waals surface area contributed by atoms with E-state index in [4.69, 9.17) is 4.74 Å². The number of hydrogen-bond donors (Lipinski definition) is 1. The van der Waals surface area contributed by atoms with Crippen molar-refractivity contribution in [2.75, 3.05) is 23.6 Å². The molecule has 8 nitrogen and oxygen atoms in total. The average Bonchev–Trinajstić information content (AvgIpc) is 2.98. The highest BCUT2D eigenvalue weighted by Gasteiger charge is 2.27. The van der Waals surface area contributed by atoms with E-state index in [0.717, 1.165) is 4.90 Å². The maximum absolute atomic E-state index is 12.0. The molecule has 0 aromatic heterocycles. The SMILES string of the molecule is CCCS(=O)(=O)Nc1cccc(C(=O)OCC(=O)N2CCCC2=O)c1. The Labute approximate surface area is 146 Å². The number of ether oxygens (including phenoxy) is 1. The maximum Gasteiger partial charge on any atom is 0.338 e. The highest BCUT2D eigenvalue weighted by molar-refractivity contribution is 7.92. The van der Waals surface area contributed by atoms with E-state index >= 15 is 0 Å². The summed E-state index contributed by atoms with van der Waals surface area (Å²) in [4.78, 5) is 36.4. The molecule has 1 fully saturated rings. The van der Waals surface area contributed by atoms with E-state index < -0.39 is 28.5 Å². The fraction of sp³-hybridized carbons (Fsp3) is 0.438. The van der Waals surface area contributed by atoms with Crippen LogP contribution in [-0.2, 0) is 24.3 Å². The smallest absolute Gasteiger partial charge is 0.338 e. The van der Waals surface area contributed by atoms with Gasteiger partial charge in [-0.3, -0.25) is 19.2 Å². The quantitative estimate of drug-likeness (QED) is 0.723. The molecule has 1 aromatic rings. The number of hydrogen-bond acceptors (Lipinski definition) is 6. The predicted octanol–water partition coefficient (Wildman–Crippen LogP) is 1.14. The van der Waals surface area contributed by atoms with Gasteiger partial charge in [-0.1, -0.05) is 13.0 Å². The van der Waals surface area contributed by atoms with Gasteiger partial charge in [-0.05, 0) is 31.0 Å². The zero-order valence-corrected chi connectivity index (χ0v) is 14.7. The first kappa shape index (κ1) is 18.9. The van der Waals surface area contributed by atoms with Crippen LogP contribution in [0.25, 0.3) is 0 Å². The van der Waals surface area contributed by atoms with Crippen LogP contribution in [0.1, 0.15) is 36.5 Å². The number of rotatable bonds is 7. The lowest BCUT2D eigenvalue weighted by molar-refractivity contribution is -0.143. The van der Waals surface area contributed by atoms with Crippen LogP contribution in [0, 0.1) is 0 Å². The predicted molar refractivity (Wildman–Crippen MR) is 90.4 cm³/mol. The van der Waals surface area contributed by atoms with Crippen LogP contribution in [0.5, 0.6) is 0 Å². The molecule has 1 aromatic carbocycles. The van der Waals surface area contributed by atoms with Crippen molar-refractivity contribution < 1.29 is 27.5 Å². The molecule has 136 valence electrons. The Bertz CT molecular complexity index is 775. The molecule has 25 heavy (non-hydrogen) atoms. The Morgan fingerprint density at radius 1 is 1.32 bits per heavy atom. The molecule has 2 amide bonds. The van der Waals surface area contributed by atoms with E-state index in [-0.39, 0.29) is 22.9 Å². The van der Waals surface area contributed by atoms with Gasteiger partial charge in [0.1, 0.15) is 0 Å². The third-order valence-corrected chi connectivity index (χ3v) is 5.04. The Kier molecular flexibility index (Phi) is 6.13. The molecule has 1 saturated heterocycles. The minimum atomic E-state index is -3.47. The van der Waals surface area contributed by atoms with Crippen molar-refractivity contribution in [1.82, 2.24) is 4.90 Å². The molecule has 1 aliphatic rings. The summed E-state index contributed by atoms with van der Waals surface area (Å²) in [6, 6.07) is 5.80. The number of likely N-dealkylation sites (tertiary alicyclic amines) is 1. The lowest BCUT2D eigenvalue weighted by Gasteiger charge is -2.13. The topological polar surface area (TPSA) is 110 Å². The normalized spacial score (nSPS) is 14.4. The molecule has 0 spiro atoms. The first-order valence-electron chi connectivity index (χ1n) is 7.93. The van der Waals surface area contributed by atoms with Gasteiger partial charge in [-0.2, -0.15) is 0 Å². The first-order valence-corrected chi connectivity index (χ1v) is 9.58. The molecule has 0 aliphatic carbocycles. The number of anilines is 1. The zero-order valence-electron chi connectivity index (χ0n) is 13.9. The summed E-state index contributed by atoms with van der Waals surface area (Å²) in [5.74, 6) is -1.62. The summed E-state index contributed by atoms with van der Waals surface area (Å²) < 4.78 is 30.8. The fourth-order valence-electron chi connectivity index (χ4n) is 2.41. The molecule has 9 heteroatoms. The van der Waals surface area contributed by atoms with Gasteiger partial charge < -0.3 is 4.74 Å². The average molecular weight is 368 g/mol. The van der Waals surface area contributed by atoms with E-state index in [2.05, 4.69) is 4.72 Å². The van der Waals surface area contributed by atoms with Gasteiger partial charge in [-0.25, -0.2) is 13.2 Å². The van der Waals surface area contributed by atoms with Crippen molar-refractivity contribution in [2.24, 2.45) is 0 Å². The van der Waals surface area contributed by atoms with Gasteiger partial charge >= 0.3 is 5.97 Å². The second-order valence-electron chi connectivity index (χ2n) is 5.62.